The number of hydroxylamine groups is 2. The molecule has 2 aliphatic heterocycles. The van der Waals surface area contributed by atoms with Crippen molar-refractivity contribution in [1.82, 2.24) is 9.96 Å². The summed E-state index contributed by atoms with van der Waals surface area (Å²) in [5.41, 5.74) is 0.837. The van der Waals surface area contributed by atoms with Crippen molar-refractivity contribution in [2.24, 2.45) is 0 Å². The molecule has 1 saturated heterocycles. The van der Waals surface area contributed by atoms with Gasteiger partial charge in [-0.05, 0) is 12.1 Å². The second-order valence-electron chi connectivity index (χ2n) is 4.34. The number of benzene rings is 1. The van der Waals surface area contributed by atoms with Gasteiger partial charge in [-0.1, -0.05) is 12.1 Å². The lowest BCUT2D eigenvalue weighted by Crippen LogP contribution is -2.40. The van der Waals surface area contributed by atoms with Crippen LogP contribution in [-0.2, 0) is 4.84 Å². The van der Waals surface area contributed by atoms with E-state index in [9.17, 15) is 14.7 Å². The van der Waals surface area contributed by atoms with Gasteiger partial charge in [0.25, 0.3) is 11.8 Å². The van der Waals surface area contributed by atoms with E-state index >= 15 is 0 Å². The molecule has 1 aromatic rings. The van der Waals surface area contributed by atoms with Crippen molar-refractivity contribution in [3.05, 3.63) is 35.4 Å². The van der Waals surface area contributed by atoms with Crippen LogP contribution in [-0.4, -0.2) is 52.8 Å². The van der Waals surface area contributed by atoms with E-state index in [0.717, 1.165) is 4.90 Å². The number of fused-ring (bicyclic) bond motifs is 1. The third kappa shape index (κ3) is 1.71. The number of carbonyl (C=O) groups is 2. The van der Waals surface area contributed by atoms with Crippen molar-refractivity contribution in [2.45, 2.75) is 6.10 Å². The molecule has 94 valence electrons. The van der Waals surface area contributed by atoms with Gasteiger partial charge in [-0.15, -0.1) is 0 Å². The molecule has 6 nitrogen and oxygen atoms in total. The molecular weight excluding hydrogens is 236 g/mol. The molecule has 2 heterocycles. The van der Waals surface area contributed by atoms with E-state index < -0.39 is 6.10 Å². The van der Waals surface area contributed by atoms with E-state index in [1.807, 2.05) is 0 Å². The number of β-amino-alcohol motifs (C(OH)–C–C–N with tert-alkyl or cyclic N) is 1. The maximum absolute atomic E-state index is 12.0. The van der Waals surface area contributed by atoms with Gasteiger partial charge in [0.1, 0.15) is 6.67 Å². The predicted molar refractivity (Wildman–Crippen MR) is 60.5 cm³/mol. The van der Waals surface area contributed by atoms with Gasteiger partial charge in [0, 0.05) is 0 Å². The molecule has 0 bridgehead atoms. The largest absolute Gasteiger partial charge is 0.389 e. The smallest absolute Gasteiger partial charge is 0.262 e. The maximum Gasteiger partial charge on any atom is 0.262 e. The number of hydrogen-bond donors (Lipinski definition) is 1. The lowest BCUT2D eigenvalue weighted by Gasteiger charge is -2.20. The average molecular weight is 248 g/mol. The van der Waals surface area contributed by atoms with Crippen molar-refractivity contribution < 1.29 is 19.5 Å². The zero-order valence-electron chi connectivity index (χ0n) is 9.57. The highest BCUT2D eigenvalue weighted by Gasteiger charge is 2.37. The van der Waals surface area contributed by atoms with Gasteiger partial charge in [-0.3, -0.25) is 19.3 Å². The fourth-order valence-corrected chi connectivity index (χ4v) is 2.16. The Hall–Kier alpha value is -1.76. The van der Waals surface area contributed by atoms with E-state index in [2.05, 4.69) is 0 Å². The SMILES string of the molecule is O=C1c2ccccc2C(=O)N1CN1C[C@H](O)CO1. The molecule has 1 atom stereocenters. The van der Waals surface area contributed by atoms with Crippen LogP contribution >= 0.6 is 0 Å². The standard InChI is InChI=1S/C12H12N2O4/c15-8-5-13(18-6-8)7-14-11(16)9-3-1-2-4-10(9)12(14)17/h1-4,8,15H,5-7H2/t8-/m0/s1. The van der Waals surface area contributed by atoms with Gasteiger partial charge >= 0.3 is 0 Å². The number of imide groups is 1. The minimum Gasteiger partial charge on any atom is -0.389 e. The maximum atomic E-state index is 12.0. The van der Waals surface area contributed by atoms with E-state index in [1.54, 1.807) is 24.3 Å². The average Bonchev–Trinajstić information content (AvgIpc) is 2.88. The first-order chi connectivity index (χ1) is 8.66. The number of amides is 2. The van der Waals surface area contributed by atoms with E-state index in [1.165, 1.54) is 5.06 Å². The first kappa shape index (κ1) is 11.3. The summed E-state index contributed by atoms with van der Waals surface area (Å²) >= 11 is 0. The molecule has 0 radical (unpaired) electrons. The van der Waals surface area contributed by atoms with Crippen LogP contribution in [0.3, 0.4) is 0 Å². The van der Waals surface area contributed by atoms with Crippen LogP contribution in [0.5, 0.6) is 0 Å². The lowest BCUT2D eigenvalue weighted by molar-refractivity contribution is -0.127. The van der Waals surface area contributed by atoms with Gasteiger partial charge < -0.3 is 5.11 Å². The molecule has 6 heteroatoms. The van der Waals surface area contributed by atoms with Crippen LogP contribution in [0.25, 0.3) is 0 Å². The summed E-state index contributed by atoms with van der Waals surface area (Å²) in [6.45, 7) is 0.542. The Kier molecular flexibility index (Phi) is 2.62. The highest BCUT2D eigenvalue weighted by Crippen LogP contribution is 2.23. The Balaban J connectivity index is 1.80. The minimum atomic E-state index is -0.569. The molecule has 1 fully saturated rings. The van der Waals surface area contributed by atoms with Gasteiger partial charge in [0.05, 0.1) is 30.4 Å². The lowest BCUT2D eigenvalue weighted by atomic mass is 10.1. The minimum absolute atomic E-state index is 0.0450. The number of hydrogen-bond acceptors (Lipinski definition) is 5. The molecule has 0 spiro atoms. The summed E-state index contributed by atoms with van der Waals surface area (Å²) < 4.78 is 0. The molecular formula is C12H12N2O4. The van der Waals surface area contributed by atoms with Gasteiger partial charge in [0.2, 0.25) is 0 Å². The number of aliphatic hydroxyl groups excluding tert-OH is 1. The zero-order chi connectivity index (χ0) is 12.7. The zero-order valence-corrected chi connectivity index (χ0v) is 9.57. The van der Waals surface area contributed by atoms with Gasteiger partial charge in [-0.2, -0.15) is 5.06 Å². The van der Waals surface area contributed by atoms with Crippen molar-refractivity contribution >= 4 is 11.8 Å². The van der Waals surface area contributed by atoms with Crippen molar-refractivity contribution in [3.63, 3.8) is 0 Å². The van der Waals surface area contributed by atoms with E-state index in [-0.39, 0.29) is 25.1 Å². The van der Waals surface area contributed by atoms with Crippen LogP contribution in [0, 0.1) is 0 Å². The van der Waals surface area contributed by atoms with Crippen molar-refractivity contribution in [1.29, 1.82) is 0 Å². The normalized spacial score (nSPS) is 23.8. The summed E-state index contributed by atoms with van der Waals surface area (Å²) in [5.74, 6) is -0.638. The van der Waals surface area contributed by atoms with Gasteiger partial charge in [0.15, 0.2) is 0 Å². The Morgan fingerprint density at radius 3 is 2.33 bits per heavy atom. The third-order valence-electron chi connectivity index (χ3n) is 3.04. The summed E-state index contributed by atoms with van der Waals surface area (Å²) in [7, 11) is 0. The topological polar surface area (TPSA) is 70.1 Å². The second-order valence-corrected chi connectivity index (χ2v) is 4.34. The molecule has 1 aromatic carbocycles. The molecule has 0 aromatic heterocycles. The Bertz CT molecular complexity index is 482. The Labute approximate surface area is 103 Å². The van der Waals surface area contributed by atoms with Crippen LogP contribution < -0.4 is 0 Å². The number of carbonyl (C=O) groups excluding carboxylic acids is 2. The quantitative estimate of drug-likeness (QED) is 0.737. The molecule has 2 amide bonds. The number of aliphatic hydroxyl groups is 1. The number of rotatable bonds is 2. The molecule has 0 saturated carbocycles. The third-order valence-corrected chi connectivity index (χ3v) is 3.04. The molecule has 18 heavy (non-hydrogen) atoms. The highest BCUT2D eigenvalue weighted by molar-refractivity contribution is 6.21. The molecule has 0 aliphatic carbocycles. The van der Waals surface area contributed by atoms with Gasteiger partial charge in [-0.25, -0.2) is 0 Å². The first-order valence-electron chi connectivity index (χ1n) is 5.68. The Morgan fingerprint density at radius 2 is 1.83 bits per heavy atom. The van der Waals surface area contributed by atoms with Crippen molar-refractivity contribution in [3.8, 4) is 0 Å². The fraction of sp³-hybridized carbons (Fsp3) is 0.333. The summed E-state index contributed by atoms with van der Waals surface area (Å²) in [5, 5.41) is 10.7. The first-order valence-corrected chi connectivity index (χ1v) is 5.68. The molecule has 1 N–H and O–H groups in total. The van der Waals surface area contributed by atoms with Crippen LogP contribution in [0.1, 0.15) is 20.7 Å². The molecule has 3 rings (SSSR count). The Morgan fingerprint density at radius 1 is 1.22 bits per heavy atom. The molecule has 2 aliphatic rings. The number of nitrogens with zero attached hydrogens (tertiary/aromatic N) is 2. The van der Waals surface area contributed by atoms with Crippen molar-refractivity contribution in [2.75, 3.05) is 19.8 Å². The fourth-order valence-electron chi connectivity index (χ4n) is 2.16. The molecule has 0 unspecified atom stereocenters. The highest BCUT2D eigenvalue weighted by atomic mass is 16.7. The second kappa shape index (κ2) is 4.16. The summed E-state index contributed by atoms with van der Waals surface area (Å²) in [6.07, 6.45) is -0.569. The summed E-state index contributed by atoms with van der Waals surface area (Å²) in [4.78, 5) is 30.4. The summed E-state index contributed by atoms with van der Waals surface area (Å²) in [6, 6.07) is 6.72. The van der Waals surface area contributed by atoms with Crippen LogP contribution in [0.4, 0.5) is 0 Å². The predicted octanol–water partition coefficient (Wildman–Crippen LogP) is -0.152. The van der Waals surface area contributed by atoms with E-state index in [0.29, 0.717) is 17.7 Å². The van der Waals surface area contributed by atoms with E-state index in [4.69, 9.17) is 4.84 Å². The monoisotopic (exact) mass is 248 g/mol. The van der Waals surface area contributed by atoms with Crippen LogP contribution in [0.2, 0.25) is 0 Å². The van der Waals surface area contributed by atoms with Crippen LogP contribution in [0.15, 0.2) is 24.3 Å².